The lowest BCUT2D eigenvalue weighted by Gasteiger charge is -2.11. The Morgan fingerprint density at radius 3 is 1.97 bits per heavy atom. The molecule has 154 valence electrons. The molecule has 3 rings (SSSR count). The molecule has 30 heavy (non-hydrogen) atoms. The summed E-state index contributed by atoms with van der Waals surface area (Å²) in [5.74, 6) is -0.249. The van der Waals surface area contributed by atoms with E-state index in [9.17, 15) is 9.90 Å². The van der Waals surface area contributed by atoms with E-state index in [0.717, 1.165) is 16.7 Å². The summed E-state index contributed by atoms with van der Waals surface area (Å²) < 4.78 is 5.52. The average Bonchev–Trinajstić information content (AvgIpc) is 2.80. The number of aliphatic hydroxyl groups is 1. The van der Waals surface area contributed by atoms with Gasteiger partial charge in [-0.25, -0.2) is 5.43 Å². The quantitative estimate of drug-likeness (QED) is 0.399. The zero-order valence-electron chi connectivity index (χ0n) is 16.8. The fourth-order valence-electron chi connectivity index (χ4n) is 2.93. The highest BCUT2D eigenvalue weighted by atomic mass is 16.5. The van der Waals surface area contributed by atoms with Crippen LogP contribution in [0.5, 0.6) is 0 Å². The molecule has 0 aliphatic carbocycles. The van der Waals surface area contributed by atoms with Gasteiger partial charge >= 0.3 is 0 Å². The van der Waals surface area contributed by atoms with Gasteiger partial charge in [-0.3, -0.25) is 4.79 Å². The summed E-state index contributed by atoms with van der Waals surface area (Å²) in [7, 11) is 0. The second kappa shape index (κ2) is 11.7. The first-order chi connectivity index (χ1) is 14.7. The van der Waals surface area contributed by atoms with Crippen molar-refractivity contribution in [3.8, 4) is 0 Å². The lowest BCUT2D eigenvalue weighted by molar-refractivity contribution is -0.121. The van der Waals surface area contributed by atoms with E-state index in [-0.39, 0.29) is 18.9 Å². The maximum atomic E-state index is 12.2. The van der Waals surface area contributed by atoms with E-state index in [2.05, 4.69) is 10.5 Å². The summed E-state index contributed by atoms with van der Waals surface area (Å²) in [6, 6.07) is 29.2. The first kappa shape index (κ1) is 21.4. The van der Waals surface area contributed by atoms with Crippen LogP contribution in [0.1, 0.15) is 29.5 Å². The number of carbonyl (C=O) groups is 1. The Labute approximate surface area is 177 Å². The van der Waals surface area contributed by atoms with Crippen LogP contribution in [0.2, 0.25) is 0 Å². The number of amides is 1. The van der Waals surface area contributed by atoms with Crippen molar-refractivity contribution in [1.29, 1.82) is 0 Å². The van der Waals surface area contributed by atoms with E-state index in [0.29, 0.717) is 18.7 Å². The fraction of sp³-hybridized carbons (Fsp3) is 0.200. The van der Waals surface area contributed by atoms with Crippen molar-refractivity contribution in [2.24, 2.45) is 5.10 Å². The lowest BCUT2D eigenvalue weighted by atomic mass is 10.0. The molecule has 5 heteroatoms. The smallest absolute Gasteiger partial charge is 0.240 e. The number of nitrogens with zero attached hydrogens (tertiary/aromatic N) is 1. The maximum absolute atomic E-state index is 12.2. The van der Waals surface area contributed by atoms with Crippen molar-refractivity contribution in [1.82, 2.24) is 5.43 Å². The van der Waals surface area contributed by atoms with Gasteiger partial charge in [0.15, 0.2) is 0 Å². The van der Waals surface area contributed by atoms with Gasteiger partial charge in [0.05, 0.1) is 25.0 Å². The first-order valence-electron chi connectivity index (χ1n) is 9.99. The Morgan fingerprint density at radius 2 is 1.40 bits per heavy atom. The number of aliphatic hydroxyl groups excluding tert-OH is 1. The van der Waals surface area contributed by atoms with Crippen molar-refractivity contribution in [2.45, 2.75) is 25.6 Å². The molecule has 0 saturated heterocycles. The Balaban J connectivity index is 1.49. The van der Waals surface area contributed by atoms with Crippen LogP contribution in [0, 0.1) is 0 Å². The SMILES string of the molecule is O=C(CC[C@@H](O)COCc1ccccc1)NN=C(c1ccccc1)c1ccccc1. The van der Waals surface area contributed by atoms with Crippen molar-refractivity contribution >= 4 is 11.6 Å². The van der Waals surface area contributed by atoms with Crippen molar-refractivity contribution in [3.63, 3.8) is 0 Å². The fourth-order valence-corrected chi connectivity index (χ4v) is 2.93. The number of nitrogens with one attached hydrogen (secondary N) is 1. The third-order valence-corrected chi connectivity index (χ3v) is 4.51. The number of ether oxygens (including phenoxy) is 1. The van der Waals surface area contributed by atoms with Gasteiger partial charge in [-0.05, 0) is 12.0 Å². The number of hydrogen-bond acceptors (Lipinski definition) is 4. The standard InChI is InChI=1S/C25H26N2O3/c28-23(19-30-18-20-10-4-1-5-11-20)16-17-24(29)26-27-25(21-12-6-2-7-13-21)22-14-8-3-9-15-22/h1-15,23,28H,16-19H2,(H,26,29)/t23-/m1/s1. The molecule has 3 aromatic carbocycles. The molecule has 0 spiro atoms. The highest BCUT2D eigenvalue weighted by Gasteiger charge is 2.10. The Hall–Kier alpha value is -3.28. The maximum Gasteiger partial charge on any atom is 0.240 e. The van der Waals surface area contributed by atoms with Crippen molar-refractivity contribution in [2.75, 3.05) is 6.61 Å². The molecule has 3 aromatic rings. The summed E-state index contributed by atoms with van der Waals surface area (Å²) in [6.45, 7) is 0.622. The van der Waals surface area contributed by atoms with Crippen LogP contribution in [-0.2, 0) is 16.1 Å². The lowest BCUT2D eigenvalue weighted by Crippen LogP contribution is -2.23. The minimum Gasteiger partial charge on any atom is -0.391 e. The van der Waals surface area contributed by atoms with Crippen LogP contribution < -0.4 is 5.43 Å². The first-order valence-corrected chi connectivity index (χ1v) is 9.99. The third kappa shape index (κ3) is 6.95. The predicted octanol–water partition coefficient (Wildman–Crippen LogP) is 3.91. The van der Waals surface area contributed by atoms with Crippen LogP contribution in [0.3, 0.4) is 0 Å². The van der Waals surface area contributed by atoms with Crippen LogP contribution in [0.15, 0.2) is 96.1 Å². The average molecular weight is 402 g/mol. The second-order valence-electron chi connectivity index (χ2n) is 6.92. The van der Waals surface area contributed by atoms with E-state index in [1.807, 2.05) is 91.0 Å². The Kier molecular flexibility index (Phi) is 8.33. The molecule has 0 saturated carbocycles. The molecule has 0 aromatic heterocycles. The largest absolute Gasteiger partial charge is 0.391 e. The van der Waals surface area contributed by atoms with Gasteiger partial charge in [-0.15, -0.1) is 0 Å². The molecule has 0 heterocycles. The van der Waals surface area contributed by atoms with E-state index in [4.69, 9.17) is 4.74 Å². The minimum absolute atomic E-state index is 0.163. The van der Waals surface area contributed by atoms with Crippen LogP contribution in [0.25, 0.3) is 0 Å². The normalized spacial score (nSPS) is 11.5. The molecular formula is C25H26N2O3. The number of benzene rings is 3. The third-order valence-electron chi connectivity index (χ3n) is 4.51. The molecule has 0 radical (unpaired) electrons. The second-order valence-corrected chi connectivity index (χ2v) is 6.92. The van der Waals surface area contributed by atoms with Gasteiger partial charge in [0, 0.05) is 17.5 Å². The highest BCUT2D eigenvalue weighted by Crippen LogP contribution is 2.10. The highest BCUT2D eigenvalue weighted by molar-refractivity contribution is 6.13. The molecular weight excluding hydrogens is 376 g/mol. The van der Waals surface area contributed by atoms with E-state index < -0.39 is 6.10 Å². The predicted molar refractivity (Wildman–Crippen MR) is 118 cm³/mol. The van der Waals surface area contributed by atoms with E-state index in [1.165, 1.54) is 0 Å². The van der Waals surface area contributed by atoms with Crippen LogP contribution in [0.4, 0.5) is 0 Å². The molecule has 0 fully saturated rings. The minimum atomic E-state index is -0.703. The molecule has 2 N–H and O–H groups in total. The number of rotatable bonds is 10. The van der Waals surface area contributed by atoms with E-state index in [1.54, 1.807) is 0 Å². The van der Waals surface area contributed by atoms with Crippen LogP contribution in [-0.4, -0.2) is 29.4 Å². The topological polar surface area (TPSA) is 70.9 Å². The van der Waals surface area contributed by atoms with Crippen molar-refractivity contribution in [3.05, 3.63) is 108 Å². The molecule has 0 aliphatic heterocycles. The Morgan fingerprint density at radius 1 is 0.867 bits per heavy atom. The van der Waals surface area contributed by atoms with Gasteiger partial charge in [0.25, 0.3) is 0 Å². The number of carbonyl (C=O) groups excluding carboxylic acids is 1. The zero-order chi connectivity index (χ0) is 21.0. The van der Waals surface area contributed by atoms with Gasteiger partial charge < -0.3 is 9.84 Å². The van der Waals surface area contributed by atoms with Gasteiger partial charge in [-0.2, -0.15) is 5.10 Å². The molecule has 0 bridgehead atoms. The van der Waals surface area contributed by atoms with Crippen LogP contribution >= 0.6 is 0 Å². The summed E-state index contributed by atoms with van der Waals surface area (Å²) in [6.07, 6.45) is -0.232. The number of hydrazone groups is 1. The monoisotopic (exact) mass is 402 g/mol. The number of hydrogen-bond donors (Lipinski definition) is 2. The van der Waals surface area contributed by atoms with Gasteiger partial charge in [0.1, 0.15) is 0 Å². The van der Waals surface area contributed by atoms with Gasteiger partial charge in [0.2, 0.25) is 5.91 Å². The molecule has 0 unspecified atom stereocenters. The molecule has 1 amide bonds. The molecule has 1 atom stereocenters. The zero-order valence-corrected chi connectivity index (χ0v) is 16.8. The van der Waals surface area contributed by atoms with Gasteiger partial charge in [-0.1, -0.05) is 91.0 Å². The summed E-state index contributed by atoms with van der Waals surface area (Å²) >= 11 is 0. The summed E-state index contributed by atoms with van der Waals surface area (Å²) in [5, 5.41) is 14.4. The van der Waals surface area contributed by atoms with Crippen molar-refractivity contribution < 1.29 is 14.6 Å². The molecule has 5 nitrogen and oxygen atoms in total. The summed E-state index contributed by atoms with van der Waals surface area (Å²) in [4.78, 5) is 12.2. The Bertz CT molecular complexity index is 887. The molecule has 0 aliphatic rings. The van der Waals surface area contributed by atoms with E-state index >= 15 is 0 Å². The summed E-state index contributed by atoms with van der Waals surface area (Å²) in [5.41, 5.74) is 6.18.